The largest absolute Gasteiger partial charge is 0.355 e. The van der Waals surface area contributed by atoms with Crippen LogP contribution in [0.4, 0.5) is 0 Å². The molecule has 1 amide bonds. The van der Waals surface area contributed by atoms with Gasteiger partial charge in [0.1, 0.15) is 0 Å². The van der Waals surface area contributed by atoms with E-state index in [1.165, 1.54) is 29.5 Å². The Bertz CT molecular complexity index is 860. The average molecular weight is 384 g/mol. The summed E-state index contributed by atoms with van der Waals surface area (Å²) in [6, 6.07) is 31.4. The molecule has 0 spiro atoms. The van der Waals surface area contributed by atoms with E-state index >= 15 is 0 Å². The Labute approximate surface area is 174 Å². The molecule has 0 radical (unpaired) electrons. The van der Waals surface area contributed by atoms with E-state index < -0.39 is 0 Å². The number of nitrogens with one attached hydrogen (secondary N) is 1. The summed E-state index contributed by atoms with van der Waals surface area (Å²) in [6.45, 7) is 0.728. The maximum Gasteiger partial charge on any atom is 0.220 e. The lowest BCUT2D eigenvalue weighted by atomic mass is 9.78. The molecule has 1 saturated carbocycles. The topological polar surface area (TPSA) is 29.1 Å². The van der Waals surface area contributed by atoms with Crippen LogP contribution in [-0.4, -0.2) is 12.5 Å². The Morgan fingerprint density at radius 1 is 0.759 bits per heavy atom. The molecule has 0 heterocycles. The molecule has 1 aliphatic carbocycles. The van der Waals surface area contributed by atoms with Gasteiger partial charge in [-0.2, -0.15) is 0 Å². The van der Waals surface area contributed by atoms with Gasteiger partial charge in [-0.05, 0) is 29.5 Å². The molecule has 4 rings (SSSR count). The highest BCUT2D eigenvalue weighted by atomic mass is 16.1. The van der Waals surface area contributed by atoms with Gasteiger partial charge < -0.3 is 5.32 Å². The highest BCUT2D eigenvalue weighted by Crippen LogP contribution is 2.40. The predicted molar refractivity (Wildman–Crippen MR) is 119 cm³/mol. The molecule has 3 aromatic rings. The van der Waals surface area contributed by atoms with Crippen LogP contribution < -0.4 is 5.32 Å². The summed E-state index contributed by atoms with van der Waals surface area (Å²) in [4.78, 5) is 13.0. The van der Waals surface area contributed by atoms with Crippen molar-refractivity contribution in [2.24, 2.45) is 0 Å². The van der Waals surface area contributed by atoms with Crippen molar-refractivity contribution in [3.05, 3.63) is 108 Å². The molecule has 148 valence electrons. The number of hydrogen-bond donors (Lipinski definition) is 1. The highest BCUT2D eigenvalue weighted by molar-refractivity contribution is 5.77. The molecule has 1 N–H and O–H groups in total. The molecular weight excluding hydrogens is 354 g/mol. The second-order valence-electron chi connectivity index (χ2n) is 8.21. The third-order valence-corrected chi connectivity index (χ3v) is 6.36. The standard InChI is InChI=1S/C27H29NO/c29-26(28-21-27(18-10-11-19-27)24-16-8-3-9-17-24)20-25(22-12-4-1-5-13-22)23-14-6-2-7-15-23/h1-9,12-17,25H,10-11,18-21H2,(H,28,29). The molecule has 0 unspecified atom stereocenters. The van der Waals surface area contributed by atoms with Crippen LogP contribution in [0.2, 0.25) is 0 Å². The number of amides is 1. The molecule has 2 nitrogen and oxygen atoms in total. The van der Waals surface area contributed by atoms with Gasteiger partial charge in [-0.25, -0.2) is 0 Å². The van der Waals surface area contributed by atoms with Gasteiger partial charge in [0.2, 0.25) is 5.91 Å². The van der Waals surface area contributed by atoms with Crippen molar-refractivity contribution >= 4 is 5.91 Å². The first-order valence-corrected chi connectivity index (χ1v) is 10.7. The highest BCUT2D eigenvalue weighted by Gasteiger charge is 2.35. The second-order valence-corrected chi connectivity index (χ2v) is 8.21. The summed E-state index contributed by atoms with van der Waals surface area (Å²) in [5.74, 6) is 0.207. The molecule has 0 aromatic heterocycles. The van der Waals surface area contributed by atoms with Crippen LogP contribution in [0, 0.1) is 0 Å². The van der Waals surface area contributed by atoms with E-state index in [0.717, 1.165) is 19.4 Å². The summed E-state index contributed by atoms with van der Waals surface area (Å²) in [5.41, 5.74) is 3.83. The number of rotatable bonds is 7. The minimum atomic E-state index is 0.0775. The molecule has 0 atom stereocenters. The number of hydrogen-bond acceptors (Lipinski definition) is 1. The molecule has 2 heteroatoms. The zero-order valence-electron chi connectivity index (χ0n) is 16.9. The van der Waals surface area contributed by atoms with Gasteiger partial charge in [-0.15, -0.1) is 0 Å². The van der Waals surface area contributed by atoms with Gasteiger partial charge in [0.05, 0.1) is 0 Å². The van der Waals surface area contributed by atoms with Crippen molar-refractivity contribution in [2.75, 3.05) is 6.54 Å². The van der Waals surface area contributed by atoms with E-state index in [-0.39, 0.29) is 17.2 Å². The summed E-state index contributed by atoms with van der Waals surface area (Å²) in [7, 11) is 0. The number of benzene rings is 3. The van der Waals surface area contributed by atoms with Crippen molar-refractivity contribution in [3.8, 4) is 0 Å². The lowest BCUT2D eigenvalue weighted by Crippen LogP contribution is -2.39. The quantitative estimate of drug-likeness (QED) is 0.546. The second kappa shape index (κ2) is 9.09. The van der Waals surface area contributed by atoms with Gasteiger partial charge in [-0.3, -0.25) is 4.79 Å². The molecule has 0 bridgehead atoms. The monoisotopic (exact) mass is 383 g/mol. The maximum atomic E-state index is 13.0. The van der Waals surface area contributed by atoms with Crippen LogP contribution in [-0.2, 0) is 10.2 Å². The Morgan fingerprint density at radius 3 is 1.76 bits per heavy atom. The van der Waals surface area contributed by atoms with Crippen LogP contribution in [0.25, 0.3) is 0 Å². The summed E-state index contributed by atoms with van der Waals surface area (Å²) in [6.07, 6.45) is 5.25. The molecule has 0 aliphatic heterocycles. The fraction of sp³-hybridized carbons (Fsp3) is 0.296. The number of carbonyl (C=O) groups excluding carboxylic acids is 1. The van der Waals surface area contributed by atoms with Gasteiger partial charge >= 0.3 is 0 Å². The van der Waals surface area contributed by atoms with Crippen LogP contribution in [0.1, 0.15) is 54.7 Å². The molecular formula is C27H29NO. The van der Waals surface area contributed by atoms with Crippen molar-refractivity contribution in [2.45, 2.75) is 43.4 Å². The fourth-order valence-electron chi connectivity index (χ4n) is 4.74. The molecule has 3 aromatic carbocycles. The Morgan fingerprint density at radius 2 is 1.24 bits per heavy atom. The fourth-order valence-corrected chi connectivity index (χ4v) is 4.74. The maximum absolute atomic E-state index is 13.0. The Balaban J connectivity index is 1.48. The average Bonchev–Trinajstić information content (AvgIpc) is 3.28. The van der Waals surface area contributed by atoms with Crippen molar-refractivity contribution in [3.63, 3.8) is 0 Å². The third kappa shape index (κ3) is 4.59. The van der Waals surface area contributed by atoms with E-state index in [1.807, 2.05) is 36.4 Å². The van der Waals surface area contributed by atoms with Gasteiger partial charge in [0.25, 0.3) is 0 Å². The van der Waals surface area contributed by atoms with Crippen LogP contribution in [0.3, 0.4) is 0 Å². The predicted octanol–water partition coefficient (Wildman–Crippen LogP) is 5.84. The zero-order valence-corrected chi connectivity index (χ0v) is 16.9. The van der Waals surface area contributed by atoms with Crippen molar-refractivity contribution in [1.82, 2.24) is 5.32 Å². The normalized spacial score (nSPS) is 15.3. The third-order valence-electron chi connectivity index (χ3n) is 6.36. The van der Waals surface area contributed by atoms with Crippen molar-refractivity contribution < 1.29 is 4.79 Å². The lowest BCUT2D eigenvalue weighted by Gasteiger charge is -2.30. The first-order valence-electron chi connectivity index (χ1n) is 10.7. The van der Waals surface area contributed by atoms with Gasteiger partial charge in [-0.1, -0.05) is 104 Å². The number of carbonyl (C=O) groups is 1. The molecule has 1 aliphatic rings. The molecule has 29 heavy (non-hydrogen) atoms. The van der Waals surface area contributed by atoms with Crippen LogP contribution >= 0.6 is 0 Å². The smallest absolute Gasteiger partial charge is 0.220 e. The lowest BCUT2D eigenvalue weighted by molar-refractivity contribution is -0.121. The van der Waals surface area contributed by atoms with E-state index in [9.17, 15) is 4.79 Å². The van der Waals surface area contributed by atoms with Crippen molar-refractivity contribution in [1.29, 1.82) is 0 Å². The first-order chi connectivity index (χ1) is 14.3. The van der Waals surface area contributed by atoms with E-state index in [1.54, 1.807) is 0 Å². The Kier molecular flexibility index (Phi) is 6.09. The summed E-state index contributed by atoms with van der Waals surface area (Å²) >= 11 is 0. The van der Waals surface area contributed by atoms with E-state index in [4.69, 9.17) is 0 Å². The summed E-state index contributed by atoms with van der Waals surface area (Å²) in [5, 5.41) is 3.29. The first kappa shape index (κ1) is 19.4. The van der Waals surface area contributed by atoms with Gasteiger partial charge in [0, 0.05) is 24.3 Å². The van der Waals surface area contributed by atoms with E-state index in [2.05, 4.69) is 59.9 Å². The minimum absolute atomic E-state index is 0.0775. The minimum Gasteiger partial charge on any atom is -0.355 e. The van der Waals surface area contributed by atoms with Crippen LogP contribution in [0.15, 0.2) is 91.0 Å². The zero-order chi connectivity index (χ0) is 19.9. The van der Waals surface area contributed by atoms with Crippen LogP contribution in [0.5, 0.6) is 0 Å². The molecule has 1 fully saturated rings. The molecule has 0 saturated heterocycles. The van der Waals surface area contributed by atoms with E-state index in [0.29, 0.717) is 6.42 Å². The Hall–Kier alpha value is -2.87. The van der Waals surface area contributed by atoms with Gasteiger partial charge in [0.15, 0.2) is 0 Å². The summed E-state index contributed by atoms with van der Waals surface area (Å²) < 4.78 is 0. The SMILES string of the molecule is O=C(CC(c1ccccc1)c1ccccc1)NCC1(c2ccccc2)CCCC1.